The van der Waals surface area contributed by atoms with Gasteiger partial charge in [0, 0.05) is 44.0 Å². The van der Waals surface area contributed by atoms with Gasteiger partial charge in [-0.1, -0.05) is 12.1 Å². The fraction of sp³-hybridized carbons (Fsp3) is 0.625. The van der Waals surface area contributed by atoms with Crippen molar-refractivity contribution in [1.29, 1.82) is 0 Å². The number of piperazine rings is 1. The first kappa shape index (κ1) is 12.9. The normalized spacial score (nSPS) is 22.6. The molecule has 0 spiro atoms. The molecule has 1 saturated heterocycles. The number of benzene rings is 1. The standard InChI is InChI=1S/C16H25N3/c1-13-4-3-5-15(14(13)2)19-10-8-18(9-11-19)12-16(17)6-7-16/h3-5H,6-12,17H2,1-2H3. The molecule has 3 heteroatoms. The monoisotopic (exact) mass is 259 g/mol. The molecule has 0 atom stereocenters. The fourth-order valence-electron chi connectivity index (χ4n) is 2.99. The number of nitrogens with zero attached hydrogens (tertiary/aromatic N) is 2. The lowest BCUT2D eigenvalue weighted by Crippen LogP contribution is -2.50. The third-order valence-corrected chi connectivity index (χ3v) is 4.72. The summed E-state index contributed by atoms with van der Waals surface area (Å²) >= 11 is 0. The van der Waals surface area contributed by atoms with Crippen LogP contribution in [0, 0.1) is 13.8 Å². The minimum atomic E-state index is 0.154. The molecule has 0 radical (unpaired) electrons. The van der Waals surface area contributed by atoms with Crippen LogP contribution in [0.1, 0.15) is 24.0 Å². The Hall–Kier alpha value is -1.06. The highest BCUT2D eigenvalue weighted by Gasteiger charge is 2.40. The van der Waals surface area contributed by atoms with Crippen molar-refractivity contribution in [3.8, 4) is 0 Å². The Morgan fingerprint density at radius 3 is 2.42 bits per heavy atom. The summed E-state index contributed by atoms with van der Waals surface area (Å²) in [6, 6.07) is 6.62. The SMILES string of the molecule is Cc1cccc(N2CCN(CC3(N)CC3)CC2)c1C. The fourth-order valence-corrected chi connectivity index (χ4v) is 2.99. The Labute approximate surface area is 116 Å². The quantitative estimate of drug-likeness (QED) is 0.900. The van der Waals surface area contributed by atoms with Crippen LogP contribution in [0.2, 0.25) is 0 Å². The summed E-state index contributed by atoms with van der Waals surface area (Å²) < 4.78 is 0. The van der Waals surface area contributed by atoms with Crippen LogP contribution >= 0.6 is 0 Å². The molecule has 0 bridgehead atoms. The van der Waals surface area contributed by atoms with Gasteiger partial charge in [-0.3, -0.25) is 4.90 Å². The molecule has 0 aromatic heterocycles. The molecular formula is C16H25N3. The summed E-state index contributed by atoms with van der Waals surface area (Å²) in [6.45, 7) is 10.1. The molecule has 1 heterocycles. The summed E-state index contributed by atoms with van der Waals surface area (Å²) in [5.74, 6) is 0. The van der Waals surface area contributed by atoms with Gasteiger partial charge in [-0.2, -0.15) is 0 Å². The summed E-state index contributed by atoms with van der Waals surface area (Å²) in [6.07, 6.45) is 2.43. The van der Waals surface area contributed by atoms with Gasteiger partial charge in [0.25, 0.3) is 0 Å². The first-order valence-corrected chi connectivity index (χ1v) is 7.40. The zero-order chi connectivity index (χ0) is 13.5. The lowest BCUT2D eigenvalue weighted by Gasteiger charge is -2.38. The van der Waals surface area contributed by atoms with Crippen LogP contribution in [-0.4, -0.2) is 43.2 Å². The summed E-state index contributed by atoms with van der Waals surface area (Å²) in [7, 11) is 0. The molecule has 2 fully saturated rings. The van der Waals surface area contributed by atoms with Crippen LogP contribution in [0.5, 0.6) is 0 Å². The molecular weight excluding hydrogens is 234 g/mol. The van der Waals surface area contributed by atoms with Gasteiger partial charge in [-0.05, 0) is 43.9 Å². The minimum Gasteiger partial charge on any atom is -0.369 e. The maximum atomic E-state index is 6.21. The van der Waals surface area contributed by atoms with Crippen molar-refractivity contribution >= 4 is 5.69 Å². The van der Waals surface area contributed by atoms with E-state index in [1.54, 1.807) is 0 Å². The van der Waals surface area contributed by atoms with Crippen molar-refractivity contribution in [2.75, 3.05) is 37.6 Å². The molecule has 2 N–H and O–H groups in total. The Bertz CT molecular complexity index is 457. The molecule has 19 heavy (non-hydrogen) atoms. The van der Waals surface area contributed by atoms with Gasteiger partial charge >= 0.3 is 0 Å². The molecule has 1 aromatic carbocycles. The number of anilines is 1. The molecule has 3 rings (SSSR count). The Morgan fingerprint density at radius 1 is 1.11 bits per heavy atom. The predicted molar refractivity (Wildman–Crippen MR) is 80.7 cm³/mol. The predicted octanol–water partition coefficient (Wildman–Crippen LogP) is 1.92. The van der Waals surface area contributed by atoms with E-state index in [-0.39, 0.29) is 5.54 Å². The third-order valence-electron chi connectivity index (χ3n) is 4.72. The molecule has 0 amide bonds. The van der Waals surface area contributed by atoms with Gasteiger partial charge in [-0.15, -0.1) is 0 Å². The van der Waals surface area contributed by atoms with Crippen LogP contribution in [0.4, 0.5) is 5.69 Å². The van der Waals surface area contributed by atoms with Crippen molar-refractivity contribution in [3.05, 3.63) is 29.3 Å². The van der Waals surface area contributed by atoms with Crippen LogP contribution < -0.4 is 10.6 Å². The van der Waals surface area contributed by atoms with Crippen molar-refractivity contribution in [2.24, 2.45) is 5.73 Å². The largest absolute Gasteiger partial charge is 0.369 e. The Morgan fingerprint density at radius 2 is 1.79 bits per heavy atom. The van der Waals surface area contributed by atoms with E-state index in [1.165, 1.54) is 29.7 Å². The lowest BCUT2D eigenvalue weighted by molar-refractivity contribution is 0.236. The van der Waals surface area contributed by atoms with Crippen molar-refractivity contribution < 1.29 is 0 Å². The first-order valence-electron chi connectivity index (χ1n) is 7.40. The summed E-state index contributed by atoms with van der Waals surface area (Å²) in [5, 5.41) is 0. The van der Waals surface area contributed by atoms with Gasteiger partial charge < -0.3 is 10.6 Å². The second-order valence-corrected chi connectivity index (χ2v) is 6.34. The van der Waals surface area contributed by atoms with E-state index in [2.05, 4.69) is 41.8 Å². The minimum absolute atomic E-state index is 0.154. The Kier molecular flexibility index (Phi) is 3.27. The Balaban J connectivity index is 1.62. The highest BCUT2D eigenvalue weighted by molar-refractivity contribution is 5.56. The summed E-state index contributed by atoms with van der Waals surface area (Å²) in [4.78, 5) is 5.06. The van der Waals surface area contributed by atoms with Gasteiger partial charge in [0.2, 0.25) is 0 Å². The van der Waals surface area contributed by atoms with Crippen LogP contribution in [-0.2, 0) is 0 Å². The van der Waals surface area contributed by atoms with Gasteiger partial charge in [-0.25, -0.2) is 0 Å². The number of nitrogens with two attached hydrogens (primary N) is 1. The molecule has 3 nitrogen and oxygen atoms in total. The average molecular weight is 259 g/mol. The highest BCUT2D eigenvalue weighted by atomic mass is 15.3. The second-order valence-electron chi connectivity index (χ2n) is 6.34. The van der Waals surface area contributed by atoms with E-state index < -0.39 is 0 Å². The smallest absolute Gasteiger partial charge is 0.0399 e. The van der Waals surface area contributed by atoms with Gasteiger partial charge in [0.15, 0.2) is 0 Å². The van der Waals surface area contributed by atoms with Crippen LogP contribution in [0.15, 0.2) is 18.2 Å². The second kappa shape index (κ2) is 4.80. The van der Waals surface area contributed by atoms with E-state index >= 15 is 0 Å². The maximum Gasteiger partial charge on any atom is 0.0399 e. The molecule has 1 aliphatic carbocycles. The molecule has 2 aliphatic rings. The maximum absolute atomic E-state index is 6.21. The van der Waals surface area contributed by atoms with E-state index in [9.17, 15) is 0 Å². The van der Waals surface area contributed by atoms with Crippen molar-refractivity contribution in [2.45, 2.75) is 32.2 Å². The molecule has 1 aliphatic heterocycles. The van der Waals surface area contributed by atoms with Gasteiger partial charge in [0.1, 0.15) is 0 Å². The highest BCUT2D eigenvalue weighted by Crippen LogP contribution is 2.33. The van der Waals surface area contributed by atoms with Crippen LogP contribution in [0.3, 0.4) is 0 Å². The van der Waals surface area contributed by atoms with Crippen molar-refractivity contribution in [1.82, 2.24) is 4.90 Å². The van der Waals surface area contributed by atoms with Crippen LogP contribution in [0.25, 0.3) is 0 Å². The van der Waals surface area contributed by atoms with E-state index in [0.717, 1.165) is 32.7 Å². The molecule has 1 aromatic rings. The van der Waals surface area contributed by atoms with E-state index in [4.69, 9.17) is 5.73 Å². The third kappa shape index (κ3) is 2.77. The average Bonchev–Trinajstić information content (AvgIpc) is 3.12. The van der Waals surface area contributed by atoms with E-state index in [0.29, 0.717) is 0 Å². The molecule has 0 unspecified atom stereocenters. The lowest BCUT2D eigenvalue weighted by atomic mass is 10.1. The number of aryl methyl sites for hydroxylation is 1. The number of rotatable bonds is 3. The number of hydrogen-bond donors (Lipinski definition) is 1. The van der Waals surface area contributed by atoms with E-state index in [1.807, 2.05) is 0 Å². The number of hydrogen-bond acceptors (Lipinski definition) is 3. The molecule has 104 valence electrons. The van der Waals surface area contributed by atoms with Crippen molar-refractivity contribution in [3.63, 3.8) is 0 Å². The zero-order valence-electron chi connectivity index (χ0n) is 12.2. The summed E-state index contributed by atoms with van der Waals surface area (Å²) in [5.41, 5.74) is 10.6. The van der Waals surface area contributed by atoms with Gasteiger partial charge in [0.05, 0.1) is 0 Å². The first-order chi connectivity index (χ1) is 9.07. The topological polar surface area (TPSA) is 32.5 Å². The molecule has 1 saturated carbocycles. The zero-order valence-corrected chi connectivity index (χ0v) is 12.2.